The van der Waals surface area contributed by atoms with Gasteiger partial charge in [0.1, 0.15) is 5.60 Å². The van der Waals surface area contributed by atoms with Crippen molar-refractivity contribution in [1.82, 2.24) is 0 Å². The second-order valence-corrected chi connectivity index (χ2v) is 14.8. The summed E-state index contributed by atoms with van der Waals surface area (Å²) < 4.78 is 6.55. The summed E-state index contributed by atoms with van der Waals surface area (Å²) in [6, 6.07) is 0. The second-order valence-electron chi connectivity index (χ2n) is 9.33. The van der Waals surface area contributed by atoms with Crippen molar-refractivity contribution in [3.8, 4) is 0 Å². The molecule has 1 heterocycles. The van der Waals surface area contributed by atoms with Gasteiger partial charge in [0.15, 0.2) is 0 Å². The summed E-state index contributed by atoms with van der Waals surface area (Å²) in [5.41, 5.74) is 3.01. The average molecular weight is 293 g/mol. The van der Waals surface area contributed by atoms with Crippen molar-refractivity contribution in [2.45, 2.75) is 89.3 Å². The van der Waals surface area contributed by atoms with Gasteiger partial charge in [0.25, 0.3) is 0 Å². The van der Waals surface area contributed by atoms with E-state index in [1.165, 1.54) is 37.7 Å². The van der Waals surface area contributed by atoms with Gasteiger partial charge in [-0.25, -0.2) is 0 Å². The lowest BCUT2D eigenvalue weighted by Crippen LogP contribution is -2.56. The molecular formula is C18H32OSi. The van der Waals surface area contributed by atoms with Crippen LogP contribution in [0, 0.1) is 11.3 Å². The lowest BCUT2D eigenvalue weighted by molar-refractivity contribution is 0.0325. The minimum atomic E-state index is -1.20. The zero-order valence-electron chi connectivity index (χ0n) is 14.3. The highest BCUT2D eigenvalue weighted by molar-refractivity contribution is 6.77. The first-order chi connectivity index (χ1) is 9.06. The molecule has 3 aliphatic rings. The van der Waals surface area contributed by atoms with Crippen LogP contribution in [0.1, 0.15) is 52.9 Å². The Hall–Kier alpha value is -0.0831. The minimum Gasteiger partial charge on any atom is -0.362 e. The van der Waals surface area contributed by atoms with Crippen molar-refractivity contribution in [3.05, 3.63) is 12.2 Å². The summed E-state index contributed by atoms with van der Waals surface area (Å²) in [6.45, 7) is 19.1. The zero-order valence-corrected chi connectivity index (χ0v) is 15.3. The topological polar surface area (TPSA) is 12.5 Å². The highest BCUT2D eigenvalue weighted by Crippen LogP contribution is 2.75. The van der Waals surface area contributed by atoms with E-state index in [2.05, 4.69) is 47.0 Å². The van der Waals surface area contributed by atoms with Crippen LogP contribution < -0.4 is 0 Å². The van der Waals surface area contributed by atoms with Crippen LogP contribution in [-0.2, 0) is 4.74 Å². The molecule has 0 N–H and O–H groups in total. The summed E-state index contributed by atoms with van der Waals surface area (Å²) in [6.07, 6.45) is 6.59. The fourth-order valence-corrected chi connectivity index (χ4v) is 9.21. The minimum absolute atomic E-state index is 0.172. The maximum absolute atomic E-state index is 6.55. The number of ether oxygens (including phenoxy) is 1. The Morgan fingerprint density at radius 3 is 2.40 bits per heavy atom. The molecule has 3 fully saturated rings. The van der Waals surface area contributed by atoms with Crippen molar-refractivity contribution in [2.75, 3.05) is 0 Å². The van der Waals surface area contributed by atoms with E-state index in [1.54, 1.807) is 0 Å². The lowest BCUT2D eigenvalue weighted by Gasteiger charge is -2.56. The van der Waals surface area contributed by atoms with Gasteiger partial charge < -0.3 is 4.74 Å². The Morgan fingerprint density at radius 1 is 1.20 bits per heavy atom. The largest absolute Gasteiger partial charge is 0.362 e. The summed E-state index contributed by atoms with van der Waals surface area (Å²) in [4.78, 5) is 0. The molecule has 0 aromatic heterocycles. The van der Waals surface area contributed by atoms with Crippen LogP contribution in [0.5, 0.6) is 0 Å². The molecule has 0 unspecified atom stereocenters. The molecule has 2 saturated carbocycles. The summed E-state index contributed by atoms with van der Waals surface area (Å²) in [5, 5.41) is 0. The van der Waals surface area contributed by atoms with E-state index in [-0.39, 0.29) is 11.2 Å². The van der Waals surface area contributed by atoms with Crippen molar-refractivity contribution in [1.29, 1.82) is 0 Å². The van der Waals surface area contributed by atoms with Gasteiger partial charge in [-0.2, -0.15) is 0 Å². The fraction of sp³-hybridized carbons (Fsp3) is 0.889. The predicted octanol–water partition coefficient (Wildman–Crippen LogP) is 5.40. The summed E-state index contributed by atoms with van der Waals surface area (Å²) in [5.74, 6) is 0.680. The van der Waals surface area contributed by atoms with Crippen LogP contribution in [-0.4, -0.2) is 19.3 Å². The number of hydrogen-bond acceptors (Lipinski definition) is 1. The molecule has 0 aromatic carbocycles. The molecule has 2 heteroatoms. The average Bonchev–Trinajstić information content (AvgIpc) is 2.89. The second kappa shape index (κ2) is 4.01. The van der Waals surface area contributed by atoms with E-state index >= 15 is 0 Å². The van der Waals surface area contributed by atoms with Gasteiger partial charge in [-0.3, -0.25) is 0 Å². The molecule has 1 aliphatic heterocycles. The van der Waals surface area contributed by atoms with Gasteiger partial charge in [0.2, 0.25) is 0 Å². The van der Waals surface area contributed by atoms with Crippen LogP contribution in [0.4, 0.5) is 0 Å². The van der Waals surface area contributed by atoms with Gasteiger partial charge in [-0.15, -0.1) is 0 Å². The Bertz CT molecular complexity index is 451. The van der Waals surface area contributed by atoms with Crippen molar-refractivity contribution < 1.29 is 4.74 Å². The van der Waals surface area contributed by atoms with Crippen LogP contribution in [0.15, 0.2) is 12.2 Å². The molecule has 2 aliphatic carbocycles. The monoisotopic (exact) mass is 292 g/mol. The highest BCUT2D eigenvalue weighted by Gasteiger charge is 2.79. The molecular weight excluding hydrogens is 260 g/mol. The molecule has 1 saturated heterocycles. The third-order valence-electron chi connectivity index (χ3n) is 7.05. The van der Waals surface area contributed by atoms with Gasteiger partial charge in [-0.1, -0.05) is 38.7 Å². The molecule has 20 heavy (non-hydrogen) atoms. The van der Waals surface area contributed by atoms with Crippen molar-refractivity contribution >= 4 is 8.07 Å². The number of rotatable bonds is 2. The van der Waals surface area contributed by atoms with E-state index in [4.69, 9.17) is 4.74 Å². The number of allylic oxidation sites excluding steroid dienone is 1. The molecule has 0 radical (unpaired) electrons. The summed E-state index contributed by atoms with van der Waals surface area (Å²) >= 11 is 0. The SMILES string of the molecule is C=C(C)[C@@H]1C[C@@H]([Si](C)(C)C)[C@]2(C)CCC[C@@]3(C)O[C@]32C1. The zero-order chi connectivity index (χ0) is 15.0. The van der Waals surface area contributed by atoms with E-state index in [1.807, 2.05) is 0 Å². The van der Waals surface area contributed by atoms with Gasteiger partial charge >= 0.3 is 0 Å². The molecule has 1 spiro atoms. The van der Waals surface area contributed by atoms with Gasteiger partial charge in [0.05, 0.1) is 5.60 Å². The molecule has 0 amide bonds. The Kier molecular flexibility index (Phi) is 2.97. The molecule has 5 atom stereocenters. The van der Waals surface area contributed by atoms with Crippen LogP contribution in [0.25, 0.3) is 0 Å². The number of epoxide rings is 1. The predicted molar refractivity (Wildman–Crippen MR) is 88.8 cm³/mol. The fourth-order valence-electron chi connectivity index (χ4n) is 5.93. The standard InChI is InChI=1S/C18H32OSi/c1-13(2)14-11-15(20(5,6)7)16(3)9-8-10-17(4)18(16,12-14)19-17/h14-15H,1,8-12H2,2-7H3/t14-,15-,16+,17-,18+/m1/s1. The quantitative estimate of drug-likeness (QED) is 0.377. The van der Waals surface area contributed by atoms with Crippen molar-refractivity contribution in [2.24, 2.45) is 11.3 Å². The normalized spacial score (nSPS) is 51.1. The maximum Gasteiger partial charge on any atom is 0.104 e. The third-order valence-corrected chi connectivity index (χ3v) is 10.0. The number of hydrogen-bond donors (Lipinski definition) is 0. The third kappa shape index (κ3) is 1.70. The maximum atomic E-state index is 6.55. The van der Waals surface area contributed by atoms with Crippen molar-refractivity contribution in [3.63, 3.8) is 0 Å². The van der Waals surface area contributed by atoms with Crippen LogP contribution in [0.3, 0.4) is 0 Å². The van der Waals surface area contributed by atoms with Gasteiger partial charge in [-0.05, 0) is 62.8 Å². The van der Waals surface area contributed by atoms with E-state index in [9.17, 15) is 0 Å². The first-order valence-corrected chi connectivity index (χ1v) is 12.0. The van der Waals surface area contributed by atoms with E-state index in [0.717, 1.165) is 5.54 Å². The van der Waals surface area contributed by atoms with Gasteiger partial charge in [0, 0.05) is 8.07 Å². The first-order valence-electron chi connectivity index (χ1n) is 8.41. The van der Waals surface area contributed by atoms with E-state index < -0.39 is 8.07 Å². The first kappa shape index (κ1) is 14.8. The highest BCUT2D eigenvalue weighted by atomic mass is 28.3. The van der Waals surface area contributed by atoms with Crippen LogP contribution >= 0.6 is 0 Å². The smallest absolute Gasteiger partial charge is 0.104 e. The molecule has 114 valence electrons. The Labute approximate surface area is 126 Å². The lowest BCUT2D eigenvalue weighted by atomic mass is 9.54. The Balaban J connectivity index is 2.05. The summed E-state index contributed by atoms with van der Waals surface area (Å²) in [7, 11) is -1.20. The molecule has 3 rings (SSSR count). The van der Waals surface area contributed by atoms with E-state index in [0.29, 0.717) is 11.3 Å². The molecule has 1 nitrogen and oxygen atoms in total. The molecule has 0 aromatic rings. The molecule has 0 bridgehead atoms. The Morgan fingerprint density at radius 2 is 1.85 bits per heavy atom. The van der Waals surface area contributed by atoms with Crippen LogP contribution in [0.2, 0.25) is 25.2 Å².